The normalized spacial score (nSPS) is 16.6. The number of anilines is 2. The molecule has 1 unspecified atom stereocenters. The fourth-order valence-corrected chi connectivity index (χ4v) is 5.33. The van der Waals surface area contributed by atoms with Gasteiger partial charge in [0.1, 0.15) is 18.6 Å². The van der Waals surface area contributed by atoms with Crippen LogP contribution in [0, 0.1) is 24.1 Å². The second kappa shape index (κ2) is 13.5. The first-order chi connectivity index (χ1) is 22.0. The number of nitrogens with zero attached hydrogens (tertiary/aromatic N) is 8. The summed E-state index contributed by atoms with van der Waals surface area (Å²) in [6, 6.07) is 4.53. The number of hydrogen-bond donors (Lipinski definition) is 3. The Kier molecular flexibility index (Phi) is 9.54. The van der Waals surface area contributed by atoms with Gasteiger partial charge in [0.05, 0.1) is 29.1 Å². The second-order valence-corrected chi connectivity index (χ2v) is 10.8. The Morgan fingerprint density at radius 3 is 2.61 bits per heavy atom. The molecule has 2 saturated heterocycles. The molecule has 16 heteroatoms. The minimum absolute atomic E-state index is 0.0269. The number of benzene rings is 1. The molecule has 2 aliphatic rings. The number of imidazole rings is 1. The van der Waals surface area contributed by atoms with Crippen LogP contribution in [0.1, 0.15) is 34.5 Å². The molecule has 2 fully saturated rings. The molecule has 242 valence electrons. The van der Waals surface area contributed by atoms with E-state index in [9.17, 15) is 18.0 Å². The Balaban J connectivity index is 0.000000624. The molecule has 3 aromatic heterocycles. The summed E-state index contributed by atoms with van der Waals surface area (Å²) in [5.74, 6) is -0.958. The van der Waals surface area contributed by atoms with E-state index in [1.54, 1.807) is 30.2 Å². The van der Waals surface area contributed by atoms with Gasteiger partial charge in [-0.05, 0) is 50.2 Å². The van der Waals surface area contributed by atoms with Crippen LogP contribution in [0.2, 0.25) is 0 Å². The highest BCUT2D eigenvalue weighted by atomic mass is 19.4. The second-order valence-electron chi connectivity index (χ2n) is 10.8. The van der Waals surface area contributed by atoms with Crippen molar-refractivity contribution < 1.29 is 27.5 Å². The molecule has 0 bridgehead atoms. The molecule has 0 spiro atoms. The number of amides is 1. The number of hydrogen-bond acceptors (Lipinski definition) is 9. The number of piperazine rings is 1. The standard InChI is InChI=1S/C26H23F4N9O.C4H9NO/c1-3-36-8-10-37(11-9-36)25(40)21-16(2)12-17(13-19(21)27)34-23-24-33-14-20(39(24)7-5-32-23)18-15-38(6-4-31)35-22(18)26(28,29)30;6-4-2-1-3-5-4/h3,5,7,12-15H,1,6,8-11H2,2H3,(H,32,34);4-6H,1-3H2. The molecule has 0 saturated carbocycles. The van der Waals surface area contributed by atoms with Crippen molar-refractivity contribution in [2.24, 2.45) is 0 Å². The van der Waals surface area contributed by atoms with Gasteiger partial charge in [-0.15, -0.1) is 0 Å². The number of aliphatic hydroxyl groups excluding tert-OH is 1. The lowest BCUT2D eigenvalue weighted by atomic mass is 10.0. The molecule has 46 heavy (non-hydrogen) atoms. The van der Waals surface area contributed by atoms with Gasteiger partial charge >= 0.3 is 6.18 Å². The summed E-state index contributed by atoms with van der Waals surface area (Å²) in [6.07, 6.45) is 3.97. The minimum Gasteiger partial charge on any atom is -0.379 e. The summed E-state index contributed by atoms with van der Waals surface area (Å²) in [5.41, 5.74) is -0.485. The SMILES string of the molecule is C=CN1CCN(C(=O)c2c(C)cc(Nc3nccn4c(-c5cn(CC#N)nc5C(F)(F)F)cnc34)cc2F)CC1.OC1CCCN1. The summed E-state index contributed by atoms with van der Waals surface area (Å²) >= 11 is 0. The predicted octanol–water partition coefficient (Wildman–Crippen LogP) is 3.92. The van der Waals surface area contributed by atoms with Crippen LogP contribution >= 0.6 is 0 Å². The van der Waals surface area contributed by atoms with Crippen molar-refractivity contribution >= 4 is 23.1 Å². The van der Waals surface area contributed by atoms with Crippen molar-refractivity contribution in [1.82, 2.24) is 39.3 Å². The van der Waals surface area contributed by atoms with Crippen LogP contribution in [0.5, 0.6) is 0 Å². The fourth-order valence-electron chi connectivity index (χ4n) is 5.33. The third-order valence-electron chi connectivity index (χ3n) is 7.62. The van der Waals surface area contributed by atoms with Crippen LogP contribution in [-0.4, -0.2) is 83.9 Å². The molecule has 4 aromatic rings. The number of aryl methyl sites for hydroxylation is 1. The van der Waals surface area contributed by atoms with E-state index >= 15 is 4.39 Å². The number of aromatic nitrogens is 5. The van der Waals surface area contributed by atoms with Gasteiger partial charge in [0.2, 0.25) is 0 Å². The van der Waals surface area contributed by atoms with Gasteiger partial charge < -0.3 is 20.2 Å². The molecule has 0 aliphatic carbocycles. The molecular weight excluding hydrogens is 608 g/mol. The summed E-state index contributed by atoms with van der Waals surface area (Å²) < 4.78 is 58.6. The van der Waals surface area contributed by atoms with Crippen molar-refractivity contribution in [2.75, 3.05) is 38.0 Å². The molecule has 2 aliphatic heterocycles. The lowest BCUT2D eigenvalue weighted by molar-refractivity contribution is -0.141. The van der Waals surface area contributed by atoms with Crippen LogP contribution in [0.3, 0.4) is 0 Å². The average molecular weight is 641 g/mol. The zero-order valence-electron chi connectivity index (χ0n) is 24.9. The van der Waals surface area contributed by atoms with E-state index in [0.717, 1.165) is 30.3 Å². The minimum atomic E-state index is -4.76. The predicted molar refractivity (Wildman–Crippen MR) is 160 cm³/mol. The molecular formula is C30H32F4N10O2. The van der Waals surface area contributed by atoms with Gasteiger partial charge in [0.25, 0.3) is 5.91 Å². The van der Waals surface area contributed by atoms with Gasteiger partial charge in [0, 0.05) is 50.5 Å². The molecule has 6 rings (SSSR count). The van der Waals surface area contributed by atoms with Crippen LogP contribution in [0.4, 0.5) is 29.1 Å². The van der Waals surface area contributed by atoms with Crippen LogP contribution in [0.25, 0.3) is 16.9 Å². The maximum atomic E-state index is 15.2. The number of carbonyl (C=O) groups excluding carboxylic acids is 1. The van der Waals surface area contributed by atoms with Crippen LogP contribution in [0.15, 0.2) is 49.7 Å². The summed E-state index contributed by atoms with van der Waals surface area (Å²) in [6.45, 7) is 8.10. The number of fused-ring (bicyclic) bond motifs is 1. The fraction of sp³-hybridized carbons (Fsp3) is 0.367. The highest BCUT2D eigenvalue weighted by Crippen LogP contribution is 2.37. The Hall–Kier alpha value is -5.01. The van der Waals surface area contributed by atoms with E-state index in [2.05, 4.69) is 32.3 Å². The monoisotopic (exact) mass is 640 g/mol. The number of nitrogens with one attached hydrogen (secondary N) is 2. The van der Waals surface area contributed by atoms with Gasteiger partial charge in [-0.2, -0.15) is 23.5 Å². The maximum absolute atomic E-state index is 15.2. The molecule has 12 nitrogen and oxygen atoms in total. The number of alkyl halides is 3. The Morgan fingerprint density at radius 2 is 2.02 bits per heavy atom. The molecule has 5 heterocycles. The van der Waals surface area contributed by atoms with E-state index in [0.29, 0.717) is 31.7 Å². The molecule has 3 N–H and O–H groups in total. The highest BCUT2D eigenvalue weighted by molar-refractivity contribution is 5.96. The van der Waals surface area contributed by atoms with Crippen molar-refractivity contribution in [1.29, 1.82) is 5.26 Å². The highest BCUT2D eigenvalue weighted by Gasteiger charge is 2.38. The Morgan fingerprint density at radius 1 is 1.26 bits per heavy atom. The van der Waals surface area contributed by atoms with Crippen molar-refractivity contribution in [3.05, 3.63) is 72.3 Å². The average Bonchev–Trinajstić information content (AvgIpc) is 3.77. The molecule has 1 atom stereocenters. The van der Waals surface area contributed by atoms with Gasteiger partial charge in [0.15, 0.2) is 17.2 Å². The third-order valence-corrected chi connectivity index (χ3v) is 7.62. The van der Waals surface area contributed by atoms with Crippen molar-refractivity contribution in [3.8, 4) is 17.3 Å². The zero-order chi connectivity index (χ0) is 33.0. The van der Waals surface area contributed by atoms with Gasteiger partial charge in [-0.3, -0.25) is 19.2 Å². The Labute approximate surface area is 261 Å². The third kappa shape index (κ3) is 6.95. The van der Waals surface area contributed by atoms with Crippen molar-refractivity contribution in [3.63, 3.8) is 0 Å². The van der Waals surface area contributed by atoms with Gasteiger partial charge in [-0.25, -0.2) is 14.4 Å². The number of aliphatic hydroxyl groups is 1. The van der Waals surface area contributed by atoms with Crippen LogP contribution < -0.4 is 10.6 Å². The summed E-state index contributed by atoms with van der Waals surface area (Å²) in [7, 11) is 0. The number of rotatable bonds is 6. The molecule has 1 amide bonds. The smallest absolute Gasteiger partial charge is 0.379 e. The largest absolute Gasteiger partial charge is 0.435 e. The van der Waals surface area contributed by atoms with Gasteiger partial charge in [-0.1, -0.05) is 6.58 Å². The van der Waals surface area contributed by atoms with E-state index in [4.69, 9.17) is 10.4 Å². The zero-order valence-corrected chi connectivity index (χ0v) is 24.9. The van der Waals surface area contributed by atoms with Crippen molar-refractivity contribution in [2.45, 2.75) is 38.7 Å². The van der Waals surface area contributed by atoms with E-state index in [1.807, 2.05) is 4.90 Å². The molecule has 1 aromatic carbocycles. The van der Waals surface area contributed by atoms with Crippen LogP contribution in [-0.2, 0) is 12.7 Å². The number of carbonyl (C=O) groups is 1. The van der Waals surface area contributed by atoms with E-state index in [1.165, 1.54) is 29.1 Å². The Bertz CT molecular complexity index is 1740. The number of halogens is 4. The maximum Gasteiger partial charge on any atom is 0.435 e. The first-order valence-electron chi connectivity index (χ1n) is 14.5. The van der Waals surface area contributed by atoms with E-state index in [-0.39, 0.29) is 46.7 Å². The lowest BCUT2D eigenvalue weighted by Gasteiger charge is -2.34. The van der Waals surface area contributed by atoms with E-state index < -0.39 is 23.6 Å². The quantitative estimate of drug-likeness (QED) is 0.268. The number of nitriles is 1. The molecule has 0 radical (unpaired) electrons. The lowest BCUT2D eigenvalue weighted by Crippen LogP contribution is -2.47. The topological polar surface area (TPSA) is 140 Å². The summed E-state index contributed by atoms with van der Waals surface area (Å²) in [4.78, 5) is 25.1. The first-order valence-corrected chi connectivity index (χ1v) is 14.5. The first kappa shape index (κ1) is 32.4. The summed E-state index contributed by atoms with van der Waals surface area (Å²) in [5, 5.41) is 26.9.